The summed E-state index contributed by atoms with van der Waals surface area (Å²) in [6.07, 6.45) is 3.21. The molecule has 1 atom stereocenters. The molecule has 0 radical (unpaired) electrons. The summed E-state index contributed by atoms with van der Waals surface area (Å²) in [7, 11) is -0.546. The molecule has 3 heterocycles. The molecule has 0 aliphatic rings. The normalized spacial score (nSPS) is 13.1. The number of pyridine rings is 1. The van der Waals surface area contributed by atoms with Crippen molar-refractivity contribution in [3.8, 4) is 10.8 Å². The number of nitrogens with zero attached hydrogens (tertiary/aromatic N) is 3. The van der Waals surface area contributed by atoms with Gasteiger partial charge in [0.25, 0.3) is 0 Å². The number of methoxy groups -OCH3 is 1. The van der Waals surface area contributed by atoms with Crippen molar-refractivity contribution in [2.24, 2.45) is 0 Å². The summed E-state index contributed by atoms with van der Waals surface area (Å²) in [6.45, 7) is 13.5. The molecule has 0 unspecified atom stereocenters. The van der Waals surface area contributed by atoms with Crippen LogP contribution in [0, 0.1) is 0 Å². The number of aromatic nitrogens is 3. The number of hydrogen-bond donors (Lipinski definition) is 0. The molecule has 0 fully saturated rings. The van der Waals surface area contributed by atoms with Crippen LogP contribution in [0.25, 0.3) is 16.0 Å². The van der Waals surface area contributed by atoms with Gasteiger partial charge in [-0.25, -0.2) is 9.78 Å². The summed E-state index contributed by atoms with van der Waals surface area (Å²) in [5.74, 6) is 0.0209. The van der Waals surface area contributed by atoms with Crippen LogP contribution >= 0.6 is 27.3 Å². The number of carbonyl (C=O) groups is 1. The summed E-state index contributed by atoms with van der Waals surface area (Å²) in [6, 6.07) is 11.7. The van der Waals surface area contributed by atoms with E-state index in [1.165, 1.54) is 18.4 Å². The summed E-state index contributed by atoms with van der Waals surface area (Å²) >= 11 is 4.88. The first kappa shape index (κ1) is 27.5. The number of fused-ring (bicyclic) bond motifs is 1. The first-order chi connectivity index (χ1) is 17.4. The van der Waals surface area contributed by atoms with Gasteiger partial charge in [-0.05, 0) is 37.2 Å². The van der Waals surface area contributed by atoms with Crippen LogP contribution in [0.2, 0.25) is 18.1 Å². The van der Waals surface area contributed by atoms with Crippen LogP contribution in [0.1, 0.15) is 54.7 Å². The van der Waals surface area contributed by atoms with Crippen molar-refractivity contribution in [3.05, 3.63) is 69.5 Å². The van der Waals surface area contributed by atoms with Crippen LogP contribution in [-0.4, -0.2) is 35.9 Å². The third-order valence-electron chi connectivity index (χ3n) is 6.82. The van der Waals surface area contributed by atoms with Crippen LogP contribution < -0.4 is 4.74 Å². The van der Waals surface area contributed by atoms with E-state index in [0.29, 0.717) is 17.2 Å². The van der Waals surface area contributed by atoms with E-state index in [4.69, 9.17) is 13.9 Å². The number of halogens is 1. The standard InChI is InChI=1S/C27H32BrN3O4SSi/c1-17(19-10-8-9-11-20(19)28)35-23-13-24(36-25(23)26(32)33-5)31-16-30-21-14-29-18(12-22(21)31)15-34-37(6,7)27(2,3)4/h8-14,16-17H,15H2,1-7H3/t17-/m1/s1. The smallest absolute Gasteiger partial charge is 0.351 e. The predicted octanol–water partition coefficient (Wildman–Crippen LogP) is 7.69. The predicted molar refractivity (Wildman–Crippen MR) is 153 cm³/mol. The number of carbonyl (C=O) groups excluding carboxylic acids is 1. The topological polar surface area (TPSA) is 75.5 Å². The van der Waals surface area contributed by atoms with Crippen LogP contribution in [0.5, 0.6) is 5.75 Å². The van der Waals surface area contributed by atoms with Gasteiger partial charge in [-0.3, -0.25) is 9.55 Å². The Labute approximate surface area is 231 Å². The van der Waals surface area contributed by atoms with E-state index in [9.17, 15) is 4.79 Å². The van der Waals surface area contributed by atoms with Gasteiger partial charge in [0.15, 0.2) is 13.2 Å². The van der Waals surface area contributed by atoms with E-state index in [1.54, 1.807) is 12.5 Å². The van der Waals surface area contributed by atoms with E-state index >= 15 is 0 Å². The van der Waals surface area contributed by atoms with E-state index in [2.05, 4.69) is 59.8 Å². The molecule has 0 saturated heterocycles. The highest BCUT2D eigenvalue weighted by molar-refractivity contribution is 9.10. The maximum absolute atomic E-state index is 12.6. The highest BCUT2D eigenvalue weighted by Crippen LogP contribution is 2.39. The maximum Gasteiger partial charge on any atom is 0.351 e. The van der Waals surface area contributed by atoms with Gasteiger partial charge < -0.3 is 13.9 Å². The third kappa shape index (κ3) is 5.82. The van der Waals surface area contributed by atoms with E-state index < -0.39 is 14.3 Å². The lowest BCUT2D eigenvalue weighted by Gasteiger charge is -2.36. The van der Waals surface area contributed by atoms with E-state index in [-0.39, 0.29) is 11.1 Å². The zero-order valence-corrected chi connectivity index (χ0v) is 25.6. The lowest BCUT2D eigenvalue weighted by atomic mass is 10.1. The largest absolute Gasteiger partial charge is 0.484 e. The Hall–Kier alpha value is -2.53. The number of hydrogen-bond acceptors (Lipinski definition) is 7. The van der Waals surface area contributed by atoms with Gasteiger partial charge >= 0.3 is 5.97 Å². The molecule has 4 aromatic rings. The number of ether oxygens (including phenoxy) is 2. The highest BCUT2D eigenvalue weighted by atomic mass is 79.9. The number of thiophene rings is 1. The lowest BCUT2D eigenvalue weighted by Crippen LogP contribution is -2.40. The quantitative estimate of drug-likeness (QED) is 0.152. The molecule has 0 amide bonds. The summed E-state index contributed by atoms with van der Waals surface area (Å²) in [4.78, 5) is 22.1. The van der Waals surface area contributed by atoms with E-state index in [0.717, 1.165) is 31.8 Å². The SMILES string of the molecule is COC(=O)c1sc(-n2cnc3cnc(CO[Si](C)(C)C(C)(C)C)cc32)cc1O[C@H](C)c1ccccc1Br. The van der Waals surface area contributed by atoms with Crippen LogP contribution in [-0.2, 0) is 15.8 Å². The van der Waals surface area contributed by atoms with Crippen molar-refractivity contribution in [3.63, 3.8) is 0 Å². The Morgan fingerprint density at radius 3 is 2.59 bits per heavy atom. The summed E-state index contributed by atoms with van der Waals surface area (Å²) in [5, 5.41) is 0.905. The van der Waals surface area contributed by atoms with Gasteiger partial charge in [0.05, 0.1) is 31.1 Å². The molecule has 37 heavy (non-hydrogen) atoms. The van der Waals surface area contributed by atoms with Crippen LogP contribution in [0.15, 0.2) is 53.4 Å². The fourth-order valence-electron chi connectivity index (χ4n) is 3.54. The van der Waals surface area contributed by atoms with Gasteiger partial charge in [-0.1, -0.05) is 54.9 Å². The second-order valence-corrected chi connectivity index (χ2v) is 17.1. The molecule has 0 bridgehead atoms. The highest BCUT2D eigenvalue weighted by Gasteiger charge is 2.37. The number of esters is 1. The lowest BCUT2D eigenvalue weighted by molar-refractivity contribution is 0.0600. The molecule has 0 aliphatic carbocycles. The van der Waals surface area contributed by atoms with Crippen molar-refractivity contribution >= 4 is 52.6 Å². The zero-order chi connectivity index (χ0) is 27.0. The molecule has 3 aromatic heterocycles. The van der Waals surface area contributed by atoms with Crippen molar-refractivity contribution in [2.45, 2.75) is 58.5 Å². The average Bonchev–Trinajstić information content (AvgIpc) is 3.45. The molecule has 10 heteroatoms. The minimum Gasteiger partial charge on any atom is -0.484 e. The van der Waals surface area contributed by atoms with Gasteiger partial charge in [0.2, 0.25) is 0 Å². The molecule has 0 saturated carbocycles. The zero-order valence-electron chi connectivity index (χ0n) is 22.2. The molecular weight excluding hydrogens is 570 g/mol. The molecule has 0 N–H and O–H groups in total. The van der Waals surface area contributed by atoms with Gasteiger partial charge in [0, 0.05) is 16.1 Å². The Bertz CT molecular complexity index is 1430. The number of benzene rings is 1. The monoisotopic (exact) mass is 601 g/mol. The van der Waals surface area contributed by atoms with Gasteiger partial charge in [-0.15, -0.1) is 11.3 Å². The molecule has 0 aliphatic heterocycles. The second kappa shape index (κ2) is 10.7. The van der Waals surface area contributed by atoms with Crippen LogP contribution in [0.3, 0.4) is 0 Å². The van der Waals surface area contributed by atoms with Crippen molar-refractivity contribution in [1.82, 2.24) is 14.5 Å². The molecule has 7 nitrogen and oxygen atoms in total. The fourth-order valence-corrected chi connectivity index (χ4v) is 6.08. The molecule has 1 aromatic carbocycles. The number of rotatable bonds is 8. The molecular formula is C27H32BrN3O4SSi. The van der Waals surface area contributed by atoms with Crippen LogP contribution in [0.4, 0.5) is 0 Å². The molecule has 196 valence electrons. The Balaban J connectivity index is 1.67. The van der Waals surface area contributed by atoms with Crippen molar-refractivity contribution in [1.29, 1.82) is 0 Å². The van der Waals surface area contributed by atoms with Crippen molar-refractivity contribution < 1.29 is 18.7 Å². The van der Waals surface area contributed by atoms with Gasteiger partial charge in [0.1, 0.15) is 28.7 Å². The van der Waals surface area contributed by atoms with Gasteiger partial charge in [-0.2, -0.15) is 0 Å². The second-order valence-electron chi connectivity index (χ2n) is 10.4. The Kier molecular flexibility index (Phi) is 7.94. The minimum atomic E-state index is -1.92. The first-order valence-electron chi connectivity index (χ1n) is 12.0. The Morgan fingerprint density at radius 2 is 1.92 bits per heavy atom. The molecule has 4 rings (SSSR count). The summed E-state index contributed by atoms with van der Waals surface area (Å²) in [5.41, 5.74) is 3.46. The minimum absolute atomic E-state index is 0.114. The Morgan fingerprint density at radius 1 is 1.19 bits per heavy atom. The van der Waals surface area contributed by atoms with E-state index in [1.807, 2.05) is 47.9 Å². The third-order valence-corrected chi connectivity index (χ3v) is 13.1. The first-order valence-corrected chi connectivity index (χ1v) is 16.5. The average molecular weight is 603 g/mol. The molecule has 0 spiro atoms. The number of imidazole rings is 1. The van der Waals surface area contributed by atoms with Crippen molar-refractivity contribution in [2.75, 3.05) is 7.11 Å². The maximum atomic E-state index is 12.6. The fraction of sp³-hybridized carbons (Fsp3) is 0.370. The summed E-state index contributed by atoms with van der Waals surface area (Å²) < 4.78 is 20.6.